The standard InChI is InChI=1S/C20H17FN2O4/c1-2-11-27-17-10-6-3-7-13(17)12-14-18(24)22-20(26)23(19(14)25)16-9-5-4-8-15(16)21/h3-10,12H,2,11H2,1H3,(H,22,24,26)/b14-12+. The van der Waals surface area contributed by atoms with Gasteiger partial charge in [0.25, 0.3) is 11.8 Å². The highest BCUT2D eigenvalue weighted by Gasteiger charge is 2.38. The monoisotopic (exact) mass is 368 g/mol. The minimum Gasteiger partial charge on any atom is -0.493 e. The molecule has 0 atom stereocenters. The first-order valence-corrected chi connectivity index (χ1v) is 8.40. The lowest BCUT2D eigenvalue weighted by Gasteiger charge is -2.26. The third-order valence-corrected chi connectivity index (χ3v) is 3.88. The van der Waals surface area contributed by atoms with Crippen molar-refractivity contribution in [2.24, 2.45) is 0 Å². The molecule has 3 rings (SSSR count). The number of barbiturate groups is 1. The average molecular weight is 368 g/mol. The van der Waals surface area contributed by atoms with Crippen molar-refractivity contribution in [3.8, 4) is 5.75 Å². The highest BCUT2D eigenvalue weighted by molar-refractivity contribution is 6.39. The summed E-state index contributed by atoms with van der Waals surface area (Å²) in [5, 5.41) is 2.07. The summed E-state index contributed by atoms with van der Waals surface area (Å²) in [6.07, 6.45) is 2.13. The topological polar surface area (TPSA) is 75.7 Å². The lowest BCUT2D eigenvalue weighted by atomic mass is 10.1. The van der Waals surface area contributed by atoms with Gasteiger partial charge in [-0.2, -0.15) is 0 Å². The lowest BCUT2D eigenvalue weighted by Crippen LogP contribution is -2.54. The molecule has 1 aliphatic rings. The first-order chi connectivity index (χ1) is 13.0. The lowest BCUT2D eigenvalue weighted by molar-refractivity contribution is -0.122. The Bertz CT molecular complexity index is 939. The molecular formula is C20H17FN2O4. The molecule has 0 radical (unpaired) electrons. The van der Waals surface area contributed by atoms with E-state index >= 15 is 0 Å². The molecule has 1 aliphatic heterocycles. The minimum atomic E-state index is -0.997. The van der Waals surface area contributed by atoms with Crippen molar-refractivity contribution in [3.63, 3.8) is 0 Å². The number of urea groups is 1. The van der Waals surface area contributed by atoms with Crippen LogP contribution in [-0.2, 0) is 9.59 Å². The number of imide groups is 2. The predicted molar refractivity (Wildman–Crippen MR) is 97.6 cm³/mol. The molecule has 1 fully saturated rings. The smallest absolute Gasteiger partial charge is 0.336 e. The zero-order chi connectivity index (χ0) is 19.4. The van der Waals surface area contributed by atoms with E-state index in [1.807, 2.05) is 6.92 Å². The van der Waals surface area contributed by atoms with E-state index in [2.05, 4.69) is 5.32 Å². The highest BCUT2D eigenvalue weighted by Crippen LogP contribution is 2.26. The van der Waals surface area contributed by atoms with E-state index in [1.165, 1.54) is 24.3 Å². The van der Waals surface area contributed by atoms with E-state index in [0.29, 0.717) is 22.8 Å². The van der Waals surface area contributed by atoms with Crippen molar-refractivity contribution in [1.82, 2.24) is 5.32 Å². The number of ether oxygens (including phenoxy) is 1. The van der Waals surface area contributed by atoms with Gasteiger partial charge in [0.15, 0.2) is 0 Å². The molecule has 27 heavy (non-hydrogen) atoms. The Kier molecular flexibility index (Phi) is 5.30. The average Bonchev–Trinajstić information content (AvgIpc) is 2.65. The molecule has 0 unspecified atom stereocenters. The SMILES string of the molecule is CCCOc1ccccc1/C=C1\C(=O)NC(=O)N(c2ccccc2F)C1=O. The second kappa shape index (κ2) is 7.82. The van der Waals surface area contributed by atoms with Gasteiger partial charge < -0.3 is 4.74 Å². The zero-order valence-electron chi connectivity index (χ0n) is 14.6. The molecule has 0 aliphatic carbocycles. The molecule has 1 saturated heterocycles. The third kappa shape index (κ3) is 3.72. The Morgan fingerprint density at radius 3 is 2.52 bits per heavy atom. The van der Waals surface area contributed by atoms with Gasteiger partial charge in [-0.15, -0.1) is 0 Å². The summed E-state index contributed by atoms with van der Waals surface area (Å²) >= 11 is 0. The quantitative estimate of drug-likeness (QED) is 0.649. The van der Waals surface area contributed by atoms with Crippen molar-refractivity contribution in [1.29, 1.82) is 0 Å². The Morgan fingerprint density at radius 2 is 1.78 bits per heavy atom. The van der Waals surface area contributed by atoms with Gasteiger partial charge in [0, 0.05) is 5.56 Å². The summed E-state index contributed by atoms with van der Waals surface area (Å²) in [6.45, 7) is 2.43. The van der Waals surface area contributed by atoms with Crippen LogP contribution < -0.4 is 15.0 Å². The van der Waals surface area contributed by atoms with Crippen LogP contribution in [0.15, 0.2) is 54.1 Å². The molecular weight excluding hydrogens is 351 g/mol. The molecule has 0 saturated carbocycles. The van der Waals surface area contributed by atoms with Crippen molar-refractivity contribution in [2.45, 2.75) is 13.3 Å². The van der Waals surface area contributed by atoms with E-state index in [1.54, 1.807) is 24.3 Å². The van der Waals surface area contributed by atoms with Crippen LogP contribution in [0.1, 0.15) is 18.9 Å². The van der Waals surface area contributed by atoms with Crippen molar-refractivity contribution >= 4 is 29.6 Å². The molecule has 0 spiro atoms. The molecule has 2 aromatic carbocycles. The molecule has 7 heteroatoms. The molecule has 2 aromatic rings. The van der Waals surface area contributed by atoms with E-state index in [4.69, 9.17) is 4.74 Å². The normalized spacial score (nSPS) is 15.9. The van der Waals surface area contributed by atoms with Gasteiger partial charge in [-0.25, -0.2) is 14.1 Å². The van der Waals surface area contributed by atoms with Crippen LogP contribution in [0.4, 0.5) is 14.9 Å². The Balaban J connectivity index is 2.02. The van der Waals surface area contributed by atoms with Crippen LogP contribution in [-0.4, -0.2) is 24.5 Å². The maximum absolute atomic E-state index is 14.1. The van der Waals surface area contributed by atoms with Crippen molar-refractivity contribution < 1.29 is 23.5 Å². The predicted octanol–water partition coefficient (Wildman–Crippen LogP) is 3.28. The van der Waals surface area contributed by atoms with Gasteiger partial charge in [-0.05, 0) is 30.7 Å². The molecule has 6 nitrogen and oxygen atoms in total. The number of hydrogen-bond donors (Lipinski definition) is 1. The molecule has 0 bridgehead atoms. The first kappa shape index (κ1) is 18.3. The second-order valence-corrected chi connectivity index (χ2v) is 5.80. The number of rotatable bonds is 5. The van der Waals surface area contributed by atoms with Gasteiger partial charge in [-0.1, -0.05) is 37.3 Å². The summed E-state index contributed by atoms with van der Waals surface area (Å²) < 4.78 is 19.7. The summed E-state index contributed by atoms with van der Waals surface area (Å²) in [5.41, 5.74) is -0.00778. The van der Waals surface area contributed by atoms with Crippen LogP contribution in [0.3, 0.4) is 0 Å². The maximum atomic E-state index is 14.1. The van der Waals surface area contributed by atoms with Gasteiger partial charge >= 0.3 is 6.03 Å². The Labute approximate surface area is 155 Å². The largest absolute Gasteiger partial charge is 0.493 e. The summed E-state index contributed by atoms with van der Waals surface area (Å²) in [7, 11) is 0. The van der Waals surface area contributed by atoms with Crippen LogP contribution in [0, 0.1) is 5.82 Å². The van der Waals surface area contributed by atoms with E-state index in [9.17, 15) is 18.8 Å². The van der Waals surface area contributed by atoms with Gasteiger partial charge in [0.1, 0.15) is 17.1 Å². The number of nitrogens with zero attached hydrogens (tertiary/aromatic N) is 1. The first-order valence-electron chi connectivity index (χ1n) is 8.40. The number of carbonyl (C=O) groups is 3. The fourth-order valence-corrected chi connectivity index (χ4v) is 2.61. The molecule has 1 N–H and O–H groups in total. The Morgan fingerprint density at radius 1 is 1.07 bits per heavy atom. The number of para-hydroxylation sites is 2. The highest BCUT2D eigenvalue weighted by atomic mass is 19.1. The summed E-state index contributed by atoms with van der Waals surface area (Å²) in [5.74, 6) is -2.00. The fourth-order valence-electron chi connectivity index (χ4n) is 2.61. The van der Waals surface area contributed by atoms with E-state index in [0.717, 1.165) is 12.5 Å². The van der Waals surface area contributed by atoms with Crippen LogP contribution in [0.2, 0.25) is 0 Å². The molecule has 138 valence electrons. The number of benzene rings is 2. The summed E-state index contributed by atoms with van der Waals surface area (Å²) in [4.78, 5) is 37.8. The van der Waals surface area contributed by atoms with Crippen molar-refractivity contribution in [2.75, 3.05) is 11.5 Å². The Hall–Kier alpha value is -3.48. The maximum Gasteiger partial charge on any atom is 0.336 e. The third-order valence-electron chi connectivity index (χ3n) is 3.88. The van der Waals surface area contributed by atoms with Crippen LogP contribution in [0.25, 0.3) is 6.08 Å². The molecule has 4 amide bonds. The number of nitrogens with one attached hydrogen (secondary N) is 1. The van der Waals surface area contributed by atoms with Crippen LogP contribution >= 0.6 is 0 Å². The van der Waals surface area contributed by atoms with Crippen LogP contribution in [0.5, 0.6) is 5.75 Å². The van der Waals surface area contributed by atoms with Gasteiger partial charge in [0.05, 0.1) is 12.3 Å². The van der Waals surface area contributed by atoms with Gasteiger partial charge in [-0.3, -0.25) is 14.9 Å². The minimum absolute atomic E-state index is 0.228. The number of anilines is 1. The zero-order valence-corrected chi connectivity index (χ0v) is 14.6. The number of hydrogen-bond acceptors (Lipinski definition) is 4. The second-order valence-electron chi connectivity index (χ2n) is 5.80. The number of carbonyl (C=O) groups excluding carboxylic acids is 3. The van der Waals surface area contributed by atoms with E-state index in [-0.39, 0.29) is 11.3 Å². The van der Waals surface area contributed by atoms with Crippen molar-refractivity contribution in [3.05, 3.63) is 65.5 Å². The van der Waals surface area contributed by atoms with Gasteiger partial charge in [0.2, 0.25) is 0 Å². The number of amides is 4. The number of halogens is 1. The fraction of sp³-hybridized carbons (Fsp3) is 0.150. The summed E-state index contributed by atoms with van der Waals surface area (Å²) in [6, 6.07) is 11.3. The molecule has 0 aromatic heterocycles. The van der Waals surface area contributed by atoms with E-state index < -0.39 is 23.7 Å². The molecule has 1 heterocycles.